The number of imide groups is 1. The molecule has 0 saturated carbocycles. The van der Waals surface area contributed by atoms with Crippen molar-refractivity contribution in [3.8, 4) is 0 Å². The van der Waals surface area contributed by atoms with Crippen molar-refractivity contribution in [3.63, 3.8) is 0 Å². The Morgan fingerprint density at radius 1 is 1.04 bits per heavy atom. The third-order valence-corrected chi connectivity index (χ3v) is 5.78. The van der Waals surface area contributed by atoms with Gasteiger partial charge in [0, 0.05) is 29.7 Å². The Hall–Kier alpha value is -2.21. The molecule has 0 unspecified atom stereocenters. The maximum absolute atomic E-state index is 12.8. The molecule has 1 aromatic heterocycles. The van der Waals surface area contributed by atoms with Gasteiger partial charge in [0.25, 0.3) is 11.1 Å². The van der Waals surface area contributed by atoms with Crippen molar-refractivity contribution in [1.29, 1.82) is 0 Å². The van der Waals surface area contributed by atoms with E-state index in [2.05, 4.69) is 0 Å². The predicted octanol–water partition coefficient (Wildman–Crippen LogP) is 5.73. The van der Waals surface area contributed by atoms with Gasteiger partial charge in [-0.2, -0.15) is 0 Å². The molecule has 2 heterocycles. The number of aryl methyl sites for hydroxylation is 1. The maximum Gasteiger partial charge on any atom is 0.298 e. The summed E-state index contributed by atoms with van der Waals surface area (Å²) in [7, 11) is 1.95. The summed E-state index contributed by atoms with van der Waals surface area (Å²) in [5, 5.41) is 1.33. The highest BCUT2D eigenvalue weighted by Gasteiger charge is 2.36. The number of amides is 2. The second-order valence-electron chi connectivity index (χ2n) is 5.83. The molecule has 26 heavy (non-hydrogen) atoms. The lowest BCUT2D eigenvalue weighted by Crippen LogP contribution is -2.27. The number of fused-ring (bicyclic) bond motifs is 1. The molecule has 1 fully saturated rings. The fourth-order valence-electron chi connectivity index (χ4n) is 2.94. The minimum atomic E-state index is -0.369. The lowest BCUT2D eigenvalue weighted by Gasteiger charge is -2.13. The van der Waals surface area contributed by atoms with Gasteiger partial charge in [0.2, 0.25) is 0 Å². The Morgan fingerprint density at radius 2 is 1.81 bits per heavy atom. The third-order valence-electron chi connectivity index (χ3n) is 4.17. The number of hydrogen-bond acceptors (Lipinski definition) is 3. The lowest BCUT2D eigenvalue weighted by molar-refractivity contribution is -0.113. The Labute approximate surface area is 164 Å². The fraction of sp³-hybridized carbons (Fsp3) is 0.0526. The summed E-state index contributed by atoms with van der Waals surface area (Å²) < 4.78 is 1.99. The zero-order valence-corrected chi connectivity index (χ0v) is 15.9. The second-order valence-corrected chi connectivity index (χ2v) is 7.64. The minimum Gasteiger partial charge on any atom is -0.350 e. The van der Waals surface area contributed by atoms with Crippen LogP contribution in [-0.2, 0) is 11.8 Å². The van der Waals surface area contributed by atoms with Crippen LogP contribution in [0.3, 0.4) is 0 Å². The number of thioether (sulfide) groups is 1. The minimum absolute atomic E-state index is 0.293. The van der Waals surface area contributed by atoms with Crippen molar-refractivity contribution in [3.05, 3.63) is 69.2 Å². The van der Waals surface area contributed by atoms with E-state index in [1.807, 2.05) is 42.1 Å². The van der Waals surface area contributed by atoms with Crippen LogP contribution in [-0.4, -0.2) is 15.7 Å². The van der Waals surface area contributed by atoms with Crippen LogP contribution >= 0.6 is 35.0 Å². The zero-order valence-electron chi connectivity index (χ0n) is 13.6. The molecule has 3 aromatic rings. The quantitative estimate of drug-likeness (QED) is 0.514. The number of aromatic nitrogens is 1. The zero-order chi connectivity index (χ0) is 18.4. The number of rotatable bonds is 2. The molecule has 1 aliphatic heterocycles. The van der Waals surface area contributed by atoms with Crippen molar-refractivity contribution < 1.29 is 9.59 Å². The normalized spacial score (nSPS) is 16.3. The Bertz CT molecular complexity index is 1100. The van der Waals surface area contributed by atoms with E-state index in [-0.39, 0.29) is 11.1 Å². The second kappa shape index (κ2) is 6.50. The summed E-state index contributed by atoms with van der Waals surface area (Å²) in [5.74, 6) is -0.369. The largest absolute Gasteiger partial charge is 0.350 e. The van der Waals surface area contributed by atoms with E-state index >= 15 is 0 Å². The third kappa shape index (κ3) is 2.82. The fourth-order valence-corrected chi connectivity index (χ4v) is 4.07. The Kier molecular flexibility index (Phi) is 4.31. The molecule has 0 bridgehead atoms. The van der Waals surface area contributed by atoms with Gasteiger partial charge in [0.15, 0.2) is 0 Å². The van der Waals surface area contributed by atoms with Crippen LogP contribution in [0.2, 0.25) is 10.0 Å². The summed E-state index contributed by atoms with van der Waals surface area (Å²) in [5.41, 5.74) is 2.36. The van der Waals surface area contributed by atoms with E-state index in [1.165, 1.54) is 6.07 Å². The molecule has 0 N–H and O–H groups in total. The van der Waals surface area contributed by atoms with Crippen molar-refractivity contribution >= 4 is 68.8 Å². The number of anilines is 1. The first-order valence-electron chi connectivity index (χ1n) is 7.73. The molecule has 4 rings (SSSR count). The highest BCUT2D eigenvalue weighted by Crippen LogP contribution is 2.38. The van der Waals surface area contributed by atoms with Crippen LogP contribution in [0.1, 0.15) is 5.56 Å². The van der Waals surface area contributed by atoms with Gasteiger partial charge in [-0.25, -0.2) is 4.90 Å². The topological polar surface area (TPSA) is 42.3 Å². The predicted molar refractivity (Wildman–Crippen MR) is 108 cm³/mol. The molecule has 1 saturated heterocycles. The van der Waals surface area contributed by atoms with E-state index < -0.39 is 0 Å². The van der Waals surface area contributed by atoms with Crippen molar-refractivity contribution in [2.75, 3.05) is 4.90 Å². The molecule has 0 aliphatic carbocycles. The van der Waals surface area contributed by atoms with Gasteiger partial charge in [0.1, 0.15) is 0 Å². The van der Waals surface area contributed by atoms with E-state index in [4.69, 9.17) is 23.2 Å². The van der Waals surface area contributed by atoms with Crippen molar-refractivity contribution in [1.82, 2.24) is 4.57 Å². The van der Waals surface area contributed by atoms with E-state index in [0.29, 0.717) is 20.6 Å². The molecule has 7 heteroatoms. The lowest BCUT2D eigenvalue weighted by atomic mass is 10.1. The monoisotopic (exact) mass is 402 g/mol. The number of carbonyl (C=O) groups is 2. The van der Waals surface area contributed by atoms with Crippen LogP contribution < -0.4 is 4.90 Å². The van der Waals surface area contributed by atoms with Crippen molar-refractivity contribution in [2.24, 2.45) is 7.05 Å². The first-order valence-corrected chi connectivity index (χ1v) is 9.30. The van der Waals surface area contributed by atoms with E-state index in [9.17, 15) is 9.59 Å². The summed E-state index contributed by atoms with van der Waals surface area (Å²) in [4.78, 5) is 26.7. The van der Waals surface area contributed by atoms with Gasteiger partial charge in [-0.1, -0.05) is 41.4 Å². The molecule has 0 atom stereocenters. The summed E-state index contributed by atoms with van der Waals surface area (Å²) in [6.07, 6.45) is 3.70. The number of hydrogen-bond donors (Lipinski definition) is 0. The standard InChI is InChI=1S/C19H12Cl2N2O2S/c1-22-10-11(13-4-2-3-5-16(13)22)8-17-18(24)23(19(25)26-17)12-6-7-14(20)15(21)9-12/h2-10H,1H3/b17-8-. The molecule has 1 aliphatic rings. The Morgan fingerprint density at radius 3 is 2.58 bits per heavy atom. The van der Waals surface area contributed by atoms with Crippen LogP contribution in [0, 0.1) is 0 Å². The van der Waals surface area contributed by atoms with E-state index in [0.717, 1.165) is 33.1 Å². The molecule has 2 amide bonds. The van der Waals surface area contributed by atoms with Gasteiger partial charge in [-0.15, -0.1) is 0 Å². The number of halogens is 2. The van der Waals surface area contributed by atoms with Gasteiger partial charge >= 0.3 is 0 Å². The number of carbonyl (C=O) groups excluding carboxylic acids is 2. The van der Waals surface area contributed by atoms with Crippen LogP contribution in [0.4, 0.5) is 10.5 Å². The average molecular weight is 403 g/mol. The van der Waals surface area contributed by atoms with Gasteiger partial charge in [-0.3, -0.25) is 9.59 Å². The smallest absolute Gasteiger partial charge is 0.298 e. The van der Waals surface area contributed by atoms with Gasteiger partial charge < -0.3 is 4.57 Å². The molecular formula is C19H12Cl2N2O2S. The summed E-state index contributed by atoms with van der Waals surface area (Å²) in [6, 6.07) is 12.6. The Balaban J connectivity index is 1.74. The summed E-state index contributed by atoms with van der Waals surface area (Å²) in [6.45, 7) is 0. The summed E-state index contributed by atoms with van der Waals surface area (Å²) >= 11 is 12.8. The highest BCUT2D eigenvalue weighted by atomic mass is 35.5. The average Bonchev–Trinajstić information content (AvgIpc) is 3.08. The first kappa shape index (κ1) is 17.2. The van der Waals surface area contributed by atoms with Crippen LogP contribution in [0.25, 0.3) is 17.0 Å². The van der Waals surface area contributed by atoms with Gasteiger partial charge in [0.05, 0.1) is 20.6 Å². The van der Waals surface area contributed by atoms with Gasteiger partial charge in [-0.05, 0) is 42.1 Å². The number of benzene rings is 2. The maximum atomic E-state index is 12.8. The highest BCUT2D eigenvalue weighted by molar-refractivity contribution is 8.19. The molecule has 2 aromatic carbocycles. The van der Waals surface area contributed by atoms with Crippen LogP contribution in [0.5, 0.6) is 0 Å². The number of para-hydroxylation sites is 1. The van der Waals surface area contributed by atoms with Crippen molar-refractivity contribution in [2.45, 2.75) is 0 Å². The molecular weight excluding hydrogens is 391 g/mol. The van der Waals surface area contributed by atoms with Crippen LogP contribution in [0.15, 0.2) is 53.6 Å². The first-order chi connectivity index (χ1) is 12.5. The van der Waals surface area contributed by atoms with E-state index in [1.54, 1.807) is 18.2 Å². The molecule has 130 valence electrons. The molecule has 0 spiro atoms. The molecule has 4 nitrogen and oxygen atoms in total. The molecule has 0 radical (unpaired) electrons. The SMILES string of the molecule is Cn1cc(/C=C2\SC(=O)N(c3ccc(Cl)c(Cl)c3)C2=O)c2ccccc21. The number of nitrogens with zero attached hydrogens (tertiary/aromatic N) is 2.